The lowest BCUT2D eigenvalue weighted by Crippen LogP contribution is -2.42. The average molecular weight is 416 g/mol. The molecular formula is C25H29N5O. The van der Waals surface area contributed by atoms with Gasteiger partial charge < -0.3 is 14.5 Å². The van der Waals surface area contributed by atoms with Crippen molar-refractivity contribution < 1.29 is 4.74 Å². The molecule has 31 heavy (non-hydrogen) atoms. The fraction of sp³-hybridized carbons (Fsp3) is 0.360. The van der Waals surface area contributed by atoms with Gasteiger partial charge in [0.05, 0.1) is 28.8 Å². The number of benzene rings is 2. The molecule has 0 N–H and O–H groups in total. The summed E-state index contributed by atoms with van der Waals surface area (Å²) in [6.07, 6.45) is 4.20. The molecule has 3 heterocycles. The van der Waals surface area contributed by atoms with Crippen molar-refractivity contribution in [2.75, 3.05) is 38.7 Å². The van der Waals surface area contributed by atoms with Crippen LogP contribution in [0.25, 0.3) is 27.8 Å². The number of ether oxygens (including phenoxy) is 1. The number of anilines is 1. The van der Waals surface area contributed by atoms with Gasteiger partial charge in [0.2, 0.25) is 0 Å². The molecule has 4 aromatic rings. The standard InChI is InChI=1S/C25H29N5O/c1-4-31-20-9-10-22-21(16-20)26-17-30(22)24-11-8-18-6-5-7-23(25(18)27-24)29-14-12-19(13-15-29)28(2)3/h5-11,16-17,19H,4,12-15H2,1-3H3. The second-order valence-electron chi connectivity index (χ2n) is 8.40. The number of piperidine rings is 1. The maximum Gasteiger partial charge on any atom is 0.139 e. The molecule has 0 bridgehead atoms. The van der Waals surface area contributed by atoms with E-state index in [1.165, 1.54) is 23.9 Å². The van der Waals surface area contributed by atoms with Crippen molar-refractivity contribution in [1.82, 2.24) is 19.4 Å². The van der Waals surface area contributed by atoms with Gasteiger partial charge in [0.15, 0.2) is 0 Å². The molecule has 1 aliphatic rings. The van der Waals surface area contributed by atoms with Crippen LogP contribution in [0.4, 0.5) is 5.69 Å². The van der Waals surface area contributed by atoms with E-state index in [1.807, 2.05) is 25.4 Å². The molecule has 2 aromatic heterocycles. The Labute approximate surface area is 183 Å². The smallest absolute Gasteiger partial charge is 0.139 e. The Morgan fingerprint density at radius 2 is 1.90 bits per heavy atom. The molecule has 2 aromatic carbocycles. The molecule has 6 heteroatoms. The summed E-state index contributed by atoms with van der Waals surface area (Å²) in [7, 11) is 4.36. The summed E-state index contributed by atoms with van der Waals surface area (Å²) in [6, 6.07) is 17.4. The second kappa shape index (κ2) is 8.19. The maximum absolute atomic E-state index is 5.62. The molecule has 0 unspecified atom stereocenters. The van der Waals surface area contributed by atoms with Crippen LogP contribution < -0.4 is 9.64 Å². The lowest BCUT2D eigenvalue weighted by Gasteiger charge is -2.36. The first-order valence-electron chi connectivity index (χ1n) is 11.1. The lowest BCUT2D eigenvalue weighted by molar-refractivity contribution is 0.250. The molecule has 1 fully saturated rings. The van der Waals surface area contributed by atoms with Crippen LogP contribution in [0.3, 0.4) is 0 Å². The monoisotopic (exact) mass is 415 g/mol. The van der Waals surface area contributed by atoms with Gasteiger partial charge in [-0.2, -0.15) is 0 Å². The van der Waals surface area contributed by atoms with E-state index in [0.29, 0.717) is 12.6 Å². The van der Waals surface area contributed by atoms with Crippen molar-refractivity contribution in [1.29, 1.82) is 0 Å². The first-order valence-corrected chi connectivity index (χ1v) is 11.1. The third kappa shape index (κ3) is 3.72. The topological polar surface area (TPSA) is 46.4 Å². The Balaban J connectivity index is 1.52. The van der Waals surface area contributed by atoms with E-state index in [1.54, 1.807) is 0 Å². The van der Waals surface area contributed by atoms with Crippen molar-refractivity contribution in [2.45, 2.75) is 25.8 Å². The SMILES string of the molecule is CCOc1ccc2c(c1)ncn2-c1ccc2cccc(N3CCC(N(C)C)CC3)c2n1. The minimum atomic E-state index is 0.646. The second-order valence-corrected chi connectivity index (χ2v) is 8.40. The molecule has 0 saturated carbocycles. The molecule has 5 rings (SSSR count). The van der Waals surface area contributed by atoms with Crippen LogP contribution in [-0.4, -0.2) is 59.3 Å². The molecule has 1 saturated heterocycles. The van der Waals surface area contributed by atoms with E-state index >= 15 is 0 Å². The summed E-state index contributed by atoms with van der Waals surface area (Å²) < 4.78 is 7.67. The zero-order valence-electron chi connectivity index (χ0n) is 18.5. The Hall–Kier alpha value is -3.12. The number of rotatable bonds is 5. The minimum absolute atomic E-state index is 0.646. The number of hydrogen-bond acceptors (Lipinski definition) is 5. The highest BCUT2D eigenvalue weighted by Crippen LogP contribution is 2.30. The van der Waals surface area contributed by atoms with Gasteiger partial charge in [0, 0.05) is 30.6 Å². The number of nitrogens with zero attached hydrogens (tertiary/aromatic N) is 5. The summed E-state index contributed by atoms with van der Waals surface area (Å²) in [5.41, 5.74) is 4.21. The van der Waals surface area contributed by atoms with Gasteiger partial charge in [0.25, 0.3) is 0 Å². The van der Waals surface area contributed by atoms with Gasteiger partial charge in [-0.15, -0.1) is 0 Å². The van der Waals surface area contributed by atoms with Crippen LogP contribution in [0, 0.1) is 0 Å². The lowest BCUT2D eigenvalue weighted by atomic mass is 10.0. The first kappa shape index (κ1) is 19.8. The highest BCUT2D eigenvalue weighted by molar-refractivity contribution is 5.92. The van der Waals surface area contributed by atoms with Gasteiger partial charge in [0.1, 0.15) is 17.9 Å². The van der Waals surface area contributed by atoms with Crippen molar-refractivity contribution in [2.24, 2.45) is 0 Å². The molecule has 0 amide bonds. The van der Waals surface area contributed by atoms with Crippen LogP contribution in [-0.2, 0) is 0 Å². The van der Waals surface area contributed by atoms with Gasteiger partial charge in [-0.3, -0.25) is 4.57 Å². The van der Waals surface area contributed by atoms with Crippen LogP contribution >= 0.6 is 0 Å². The maximum atomic E-state index is 5.62. The highest BCUT2D eigenvalue weighted by Gasteiger charge is 2.22. The summed E-state index contributed by atoms with van der Waals surface area (Å²) >= 11 is 0. The Morgan fingerprint density at radius 3 is 2.68 bits per heavy atom. The van der Waals surface area contributed by atoms with Gasteiger partial charge in [-0.05, 0) is 64.2 Å². The predicted molar refractivity (Wildman–Crippen MR) is 126 cm³/mol. The molecular weight excluding hydrogens is 386 g/mol. The zero-order chi connectivity index (χ0) is 21.4. The molecule has 1 aliphatic heterocycles. The summed E-state index contributed by atoms with van der Waals surface area (Å²) in [5, 5.41) is 1.17. The Bertz CT molecular complexity index is 1210. The van der Waals surface area contributed by atoms with E-state index in [4.69, 9.17) is 9.72 Å². The molecule has 0 aliphatic carbocycles. The fourth-order valence-corrected chi connectivity index (χ4v) is 4.57. The third-order valence-corrected chi connectivity index (χ3v) is 6.30. The van der Waals surface area contributed by atoms with Crippen molar-refractivity contribution in [3.05, 3.63) is 54.9 Å². The van der Waals surface area contributed by atoms with Crippen LogP contribution in [0.1, 0.15) is 19.8 Å². The van der Waals surface area contributed by atoms with Crippen molar-refractivity contribution >= 4 is 27.6 Å². The van der Waals surface area contributed by atoms with E-state index in [9.17, 15) is 0 Å². The average Bonchev–Trinajstić information content (AvgIpc) is 3.22. The zero-order valence-corrected chi connectivity index (χ0v) is 18.5. The van der Waals surface area contributed by atoms with E-state index in [-0.39, 0.29) is 0 Å². The highest BCUT2D eigenvalue weighted by atomic mass is 16.5. The number of aromatic nitrogens is 3. The van der Waals surface area contributed by atoms with E-state index < -0.39 is 0 Å². The van der Waals surface area contributed by atoms with Crippen LogP contribution in [0.5, 0.6) is 5.75 Å². The minimum Gasteiger partial charge on any atom is -0.494 e. The van der Waals surface area contributed by atoms with Gasteiger partial charge in [-0.1, -0.05) is 12.1 Å². The van der Waals surface area contributed by atoms with Crippen molar-refractivity contribution in [3.8, 4) is 11.6 Å². The number of fused-ring (bicyclic) bond motifs is 2. The molecule has 0 spiro atoms. The van der Waals surface area contributed by atoms with Gasteiger partial charge in [-0.25, -0.2) is 9.97 Å². The quantitative estimate of drug-likeness (QED) is 0.480. The molecule has 6 nitrogen and oxygen atoms in total. The number of pyridine rings is 1. The van der Waals surface area contributed by atoms with E-state index in [0.717, 1.165) is 41.2 Å². The predicted octanol–water partition coefficient (Wildman–Crippen LogP) is 4.50. The summed E-state index contributed by atoms with van der Waals surface area (Å²) in [4.78, 5) is 14.5. The molecule has 0 atom stereocenters. The van der Waals surface area contributed by atoms with E-state index in [2.05, 4.69) is 69.8 Å². The molecule has 160 valence electrons. The first-order chi connectivity index (χ1) is 15.1. The largest absolute Gasteiger partial charge is 0.494 e. The van der Waals surface area contributed by atoms with Crippen molar-refractivity contribution in [3.63, 3.8) is 0 Å². The Morgan fingerprint density at radius 1 is 1.06 bits per heavy atom. The normalized spacial score (nSPS) is 15.3. The van der Waals surface area contributed by atoms with Gasteiger partial charge >= 0.3 is 0 Å². The van der Waals surface area contributed by atoms with Crippen LogP contribution in [0.2, 0.25) is 0 Å². The number of imidazole rings is 1. The third-order valence-electron chi connectivity index (χ3n) is 6.30. The summed E-state index contributed by atoms with van der Waals surface area (Å²) in [5.74, 6) is 1.73. The Kier molecular flexibility index (Phi) is 5.24. The number of hydrogen-bond donors (Lipinski definition) is 0. The summed E-state index contributed by atoms with van der Waals surface area (Å²) in [6.45, 7) is 4.75. The number of para-hydroxylation sites is 1. The fourth-order valence-electron chi connectivity index (χ4n) is 4.57. The van der Waals surface area contributed by atoms with Crippen LogP contribution in [0.15, 0.2) is 54.9 Å². The molecule has 0 radical (unpaired) electrons.